The van der Waals surface area contributed by atoms with Crippen LogP contribution in [0, 0.1) is 5.41 Å². The first-order chi connectivity index (χ1) is 9.99. The Hall–Kier alpha value is -1.55. The van der Waals surface area contributed by atoms with Crippen molar-refractivity contribution in [3.63, 3.8) is 0 Å². The normalized spacial score (nSPS) is 18.9. The Morgan fingerprint density at radius 1 is 1.33 bits per heavy atom. The first-order valence-corrected chi connectivity index (χ1v) is 7.60. The van der Waals surface area contributed by atoms with Crippen molar-refractivity contribution < 1.29 is 9.53 Å². The lowest BCUT2D eigenvalue weighted by Gasteiger charge is -2.38. The number of methoxy groups -OCH3 is 1. The van der Waals surface area contributed by atoms with E-state index < -0.39 is 0 Å². The molecule has 0 radical (unpaired) electrons. The van der Waals surface area contributed by atoms with Crippen molar-refractivity contribution in [1.29, 1.82) is 0 Å². The van der Waals surface area contributed by atoms with Crippen molar-refractivity contribution in [1.82, 2.24) is 10.2 Å². The van der Waals surface area contributed by atoms with Crippen molar-refractivity contribution in [2.45, 2.75) is 32.7 Å². The van der Waals surface area contributed by atoms with E-state index in [0.29, 0.717) is 0 Å². The molecule has 1 heterocycles. The number of rotatable bonds is 4. The van der Waals surface area contributed by atoms with Gasteiger partial charge in [-0.1, -0.05) is 25.1 Å². The summed E-state index contributed by atoms with van der Waals surface area (Å²) in [5.41, 5.74) is 0.796. The number of ether oxygens (including phenoxy) is 1. The minimum absolute atomic E-state index is 0.000334. The third kappa shape index (κ3) is 3.21. The Labute approximate surface area is 127 Å². The highest BCUT2D eigenvalue weighted by Gasteiger charge is 2.38. The molecule has 1 aromatic rings. The number of amides is 1. The molecule has 0 spiro atoms. The first kappa shape index (κ1) is 15.8. The monoisotopic (exact) mass is 290 g/mol. The van der Waals surface area contributed by atoms with Crippen molar-refractivity contribution in [3.05, 3.63) is 29.8 Å². The van der Waals surface area contributed by atoms with E-state index in [2.05, 4.69) is 19.2 Å². The lowest BCUT2D eigenvalue weighted by atomic mass is 9.79. The van der Waals surface area contributed by atoms with Crippen LogP contribution in [-0.4, -0.2) is 38.1 Å². The summed E-state index contributed by atoms with van der Waals surface area (Å²) >= 11 is 0. The molecule has 21 heavy (non-hydrogen) atoms. The highest BCUT2D eigenvalue weighted by molar-refractivity contribution is 5.82. The molecule has 116 valence electrons. The minimum Gasteiger partial charge on any atom is -0.496 e. The molecule has 1 N–H and O–H groups in total. The van der Waals surface area contributed by atoms with Gasteiger partial charge in [0.25, 0.3) is 0 Å². The zero-order chi connectivity index (χ0) is 15.5. The average molecular weight is 290 g/mol. The predicted octanol–water partition coefficient (Wildman–Crippen LogP) is 2.60. The molecule has 1 fully saturated rings. The molecule has 4 heteroatoms. The second-order valence-corrected chi connectivity index (χ2v) is 6.14. The summed E-state index contributed by atoms with van der Waals surface area (Å²) < 4.78 is 5.42. The number of hydrogen-bond donors (Lipinski definition) is 1. The fourth-order valence-corrected chi connectivity index (χ4v) is 3.01. The van der Waals surface area contributed by atoms with E-state index in [9.17, 15) is 4.79 Å². The van der Waals surface area contributed by atoms with Crippen LogP contribution in [0.4, 0.5) is 0 Å². The van der Waals surface area contributed by atoms with E-state index in [1.807, 2.05) is 36.2 Å². The maximum absolute atomic E-state index is 12.9. The molecule has 0 aliphatic carbocycles. The Morgan fingerprint density at radius 3 is 2.57 bits per heavy atom. The summed E-state index contributed by atoms with van der Waals surface area (Å²) in [5, 5.41) is 3.32. The molecule has 0 bridgehead atoms. The van der Waals surface area contributed by atoms with Crippen molar-refractivity contribution in [2.75, 3.05) is 27.2 Å². The summed E-state index contributed by atoms with van der Waals surface area (Å²) in [4.78, 5) is 14.8. The molecule has 4 nitrogen and oxygen atoms in total. The Kier molecular flexibility index (Phi) is 4.88. The lowest BCUT2D eigenvalue weighted by Crippen LogP contribution is -2.47. The van der Waals surface area contributed by atoms with Gasteiger partial charge < -0.3 is 15.0 Å². The number of para-hydroxylation sites is 1. The van der Waals surface area contributed by atoms with Crippen molar-refractivity contribution >= 4 is 5.91 Å². The maximum atomic E-state index is 12.9. The molecule has 0 saturated carbocycles. The van der Waals surface area contributed by atoms with E-state index in [-0.39, 0.29) is 17.4 Å². The number of nitrogens with one attached hydrogen (secondary N) is 1. The van der Waals surface area contributed by atoms with Crippen LogP contribution in [0.5, 0.6) is 5.75 Å². The van der Waals surface area contributed by atoms with E-state index in [1.165, 1.54) is 0 Å². The zero-order valence-corrected chi connectivity index (χ0v) is 13.5. The summed E-state index contributed by atoms with van der Waals surface area (Å²) in [7, 11) is 3.56. The number of carbonyl (C=O) groups is 1. The van der Waals surface area contributed by atoms with E-state index in [1.54, 1.807) is 7.11 Å². The van der Waals surface area contributed by atoms with E-state index in [0.717, 1.165) is 37.2 Å². The Morgan fingerprint density at radius 2 is 1.95 bits per heavy atom. The fraction of sp³-hybridized carbons (Fsp3) is 0.588. The van der Waals surface area contributed by atoms with Crippen molar-refractivity contribution in [2.24, 2.45) is 5.41 Å². The van der Waals surface area contributed by atoms with Gasteiger partial charge in [0.15, 0.2) is 0 Å². The molecule has 1 aromatic carbocycles. The van der Waals surface area contributed by atoms with Crippen molar-refractivity contribution in [3.8, 4) is 5.75 Å². The highest BCUT2D eigenvalue weighted by Crippen LogP contribution is 2.35. The second kappa shape index (κ2) is 6.48. The topological polar surface area (TPSA) is 41.6 Å². The number of carbonyl (C=O) groups excluding carboxylic acids is 1. The molecule has 2 rings (SSSR count). The highest BCUT2D eigenvalue weighted by atomic mass is 16.5. The van der Waals surface area contributed by atoms with Gasteiger partial charge >= 0.3 is 0 Å². The Bertz CT molecular complexity index is 495. The average Bonchev–Trinajstić information content (AvgIpc) is 2.53. The number of hydrogen-bond acceptors (Lipinski definition) is 3. The number of nitrogens with zero attached hydrogens (tertiary/aromatic N) is 1. The fourth-order valence-electron chi connectivity index (χ4n) is 3.01. The summed E-state index contributed by atoms with van der Waals surface area (Å²) in [5.74, 6) is 1.06. The molecule has 1 saturated heterocycles. The molecule has 1 amide bonds. The van der Waals surface area contributed by atoms with Crippen LogP contribution in [0.2, 0.25) is 0 Å². The maximum Gasteiger partial charge on any atom is 0.228 e. The molecule has 1 atom stereocenters. The number of piperidine rings is 1. The van der Waals surface area contributed by atoms with Crippen LogP contribution in [0.1, 0.15) is 38.3 Å². The molecular formula is C17H26N2O2. The predicted molar refractivity (Wildman–Crippen MR) is 84.4 cm³/mol. The minimum atomic E-state index is -0.254. The van der Waals surface area contributed by atoms with Gasteiger partial charge in [-0.3, -0.25) is 4.79 Å². The van der Waals surface area contributed by atoms with Gasteiger partial charge in [-0.25, -0.2) is 0 Å². The van der Waals surface area contributed by atoms with Gasteiger partial charge in [0.05, 0.1) is 13.2 Å². The van der Waals surface area contributed by atoms with Gasteiger partial charge in [-0.2, -0.15) is 0 Å². The molecule has 1 unspecified atom stereocenters. The SMILES string of the molecule is COc1ccccc1C(C)N(C)C(=O)C1(C)CCNCC1. The number of benzene rings is 1. The first-order valence-electron chi connectivity index (χ1n) is 7.60. The summed E-state index contributed by atoms with van der Waals surface area (Å²) in [6.45, 7) is 5.97. The van der Waals surface area contributed by atoms with Gasteiger partial charge in [0, 0.05) is 18.0 Å². The van der Waals surface area contributed by atoms with Crippen LogP contribution in [0.25, 0.3) is 0 Å². The van der Waals surface area contributed by atoms with Crippen LogP contribution >= 0.6 is 0 Å². The molecule has 1 aliphatic heterocycles. The molecule has 1 aliphatic rings. The van der Waals surface area contributed by atoms with Gasteiger partial charge in [0.2, 0.25) is 5.91 Å². The van der Waals surface area contributed by atoms with Crippen LogP contribution < -0.4 is 10.1 Å². The zero-order valence-electron chi connectivity index (χ0n) is 13.5. The third-order valence-electron chi connectivity index (χ3n) is 4.71. The summed E-state index contributed by atoms with van der Waals surface area (Å²) in [6.07, 6.45) is 1.80. The van der Waals surface area contributed by atoms with Crippen LogP contribution in [0.3, 0.4) is 0 Å². The second-order valence-electron chi connectivity index (χ2n) is 6.14. The van der Waals surface area contributed by atoms with Gasteiger partial charge in [-0.05, 0) is 38.9 Å². The van der Waals surface area contributed by atoms with Crippen LogP contribution in [-0.2, 0) is 4.79 Å². The van der Waals surface area contributed by atoms with E-state index in [4.69, 9.17) is 4.74 Å². The van der Waals surface area contributed by atoms with E-state index >= 15 is 0 Å². The third-order valence-corrected chi connectivity index (χ3v) is 4.71. The molecular weight excluding hydrogens is 264 g/mol. The summed E-state index contributed by atoms with van der Waals surface area (Å²) in [6, 6.07) is 7.90. The molecule has 0 aromatic heterocycles. The standard InChI is InChI=1S/C17H26N2O2/c1-13(14-7-5-6-8-15(14)21-4)19(3)16(20)17(2)9-11-18-12-10-17/h5-8,13,18H,9-12H2,1-4H3. The van der Waals surface area contributed by atoms with Crippen LogP contribution in [0.15, 0.2) is 24.3 Å². The largest absolute Gasteiger partial charge is 0.496 e. The smallest absolute Gasteiger partial charge is 0.228 e. The Balaban J connectivity index is 2.18. The van der Waals surface area contributed by atoms with Gasteiger partial charge in [-0.15, -0.1) is 0 Å². The lowest BCUT2D eigenvalue weighted by molar-refractivity contribution is -0.143. The quantitative estimate of drug-likeness (QED) is 0.927. The van der Waals surface area contributed by atoms with Gasteiger partial charge in [0.1, 0.15) is 5.75 Å².